The second-order valence-electron chi connectivity index (χ2n) is 15.7. The summed E-state index contributed by atoms with van der Waals surface area (Å²) in [5.41, 5.74) is 0. The Labute approximate surface area is 338 Å². The van der Waals surface area contributed by atoms with Gasteiger partial charge in [0.25, 0.3) is 7.82 Å². The molecule has 9 heteroatoms. The first kappa shape index (κ1) is 52.9. The van der Waals surface area contributed by atoms with E-state index in [1.165, 1.54) is 77.0 Å². The minimum atomic E-state index is -4.59. The van der Waals surface area contributed by atoms with E-state index in [9.17, 15) is 19.4 Å². The quantitative estimate of drug-likeness (QED) is 0.0279. The number of likely N-dealkylation sites (N-methyl/N-ethyl adjacent to an activating group) is 1. The molecular weight excluding hydrogens is 707 g/mol. The van der Waals surface area contributed by atoms with Crippen molar-refractivity contribution >= 4 is 13.7 Å². The molecule has 0 aromatic heterocycles. The van der Waals surface area contributed by atoms with Crippen LogP contribution >= 0.6 is 7.82 Å². The van der Waals surface area contributed by atoms with Gasteiger partial charge < -0.3 is 28.8 Å². The lowest BCUT2D eigenvalue weighted by atomic mass is 10.0. The number of unbranched alkanes of at least 4 members (excludes halogenated alkanes) is 15. The summed E-state index contributed by atoms with van der Waals surface area (Å²) in [6, 6.07) is -0.904. The number of phosphoric acid groups is 1. The van der Waals surface area contributed by atoms with E-state index in [1.54, 1.807) is 6.08 Å². The molecule has 1 amide bonds. The van der Waals surface area contributed by atoms with Crippen molar-refractivity contribution in [2.75, 3.05) is 40.9 Å². The lowest BCUT2D eigenvalue weighted by Gasteiger charge is -2.29. The highest BCUT2D eigenvalue weighted by molar-refractivity contribution is 7.45. The Morgan fingerprint density at radius 1 is 0.655 bits per heavy atom. The molecule has 0 aliphatic rings. The van der Waals surface area contributed by atoms with Crippen molar-refractivity contribution in [2.24, 2.45) is 0 Å². The Morgan fingerprint density at radius 2 is 1.13 bits per heavy atom. The van der Waals surface area contributed by atoms with Gasteiger partial charge in [-0.25, -0.2) is 0 Å². The standard InChI is InChI=1S/C46H83N2O6P/c1-6-8-10-12-14-16-17-18-19-20-21-22-23-24-25-26-27-28-29-30-31-32-34-36-38-40-46(50)47-44(43-54-55(51,52)53-42-41-48(3,4)5)45(49)39-37-35-33-15-13-11-9-7-2/h8,10,13-16,18-19,21-22,37,39,44-45,49H,6-7,9,11-12,17,20,23-36,38,40-43H2,1-5H3,(H-,47,50,51,52)/b10-8-,15-13+,16-14-,19-18-,22-21-,39-37+. The molecule has 0 fully saturated rings. The molecule has 0 radical (unpaired) electrons. The Kier molecular flexibility index (Phi) is 36.1. The van der Waals surface area contributed by atoms with Crippen LogP contribution in [0.3, 0.4) is 0 Å². The van der Waals surface area contributed by atoms with E-state index in [4.69, 9.17) is 9.05 Å². The van der Waals surface area contributed by atoms with Crippen molar-refractivity contribution in [3.05, 3.63) is 72.9 Å². The van der Waals surface area contributed by atoms with Gasteiger partial charge in [0.05, 0.1) is 39.9 Å². The molecule has 3 unspecified atom stereocenters. The number of allylic oxidation sites excluding steroid dienone is 11. The first-order valence-electron chi connectivity index (χ1n) is 21.8. The van der Waals surface area contributed by atoms with E-state index in [-0.39, 0.29) is 12.5 Å². The maximum Gasteiger partial charge on any atom is 0.268 e. The molecule has 0 heterocycles. The lowest BCUT2D eigenvalue weighted by molar-refractivity contribution is -0.870. The van der Waals surface area contributed by atoms with Crippen molar-refractivity contribution in [1.29, 1.82) is 0 Å². The molecular formula is C46H83N2O6P. The van der Waals surface area contributed by atoms with Crippen LogP contribution < -0.4 is 10.2 Å². The van der Waals surface area contributed by atoms with Crippen molar-refractivity contribution in [3.63, 3.8) is 0 Å². The molecule has 0 aliphatic carbocycles. The zero-order chi connectivity index (χ0) is 40.7. The number of hydrogen-bond donors (Lipinski definition) is 2. The average molecular weight is 791 g/mol. The number of rotatable bonds is 38. The average Bonchev–Trinajstić information content (AvgIpc) is 3.13. The van der Waals surface area contributed by atoms with Gasteiger partial charge in [-0.1, -0.05) is 164 Å². The molecule has 0 saturated carbocycles. The SMILES string of the molecule is CC/C=C\C/C=C\C/C=C\C/C=C\CCCCCCCCCCCCCCC(=O)NC(COP(=O)([O-])OCC[N+](C)(C)C)C(O)/C=C/CC/C=C/CCCC. The molecule has 0 rings (SSSR count). The summed E-state index contributed by atoms with van der Waals surface area (Å²) in [7, 11) is 1.23. The monoisotopic (exact) mass is 791 g/mol. The van der Waals surface area contributed by atoms with Crippen LogP contribution in [0.1, 0.15) is 162 Å². The number of hydrogen-bond acceptors (Lipinski definition) is 6. The second kappa shape index (κ2) is 37.5. The van der Waals surface area contributed by atoms with E-state index in [2.05, 4.69) is 79.9 Å². The number of quaternary nitrogens is 1. The minimum absolute atomic E-state index is 0.0102. The van der Waals surface area contributed by atoms with Gasteiger partial charge in [-0.3, -0.25) is 9.36 Å². The Bertz CT molecular complexity index is 1120. The van der Waals surface area contributed by atoms with Gasteiger partial charge in [-0.05, 0) is 64.2 Å². The summed E-state index contributed by atoms with van der Waals surface area (Å²) in [6.07, 6.45) is 49.7. The van der Waals surface area contributed by atoms with Crippen LogP contribution in [0.5, 0.6) is 0 Å². The zero-order valence-corrected chi connectivity index (χ0v) is 36.7. The molecule has 318 valence electrons. The minimum Gasteiger partial charge on any atom is -0.756 e. The Hall–Kier alpha value is -2.06. The van der Waals surface area contributed by atoms with Gasteiger partial charge in [0.15, 0.2) is 0 Å². The van der Waals surface area contributed by atoms with Crippen LogP contribution in [0.4, 0.5) is 0 Å². The first-order valence-corrected chi connectivity index (χ1v) is 23.3. The van der Waals surface area contributed by atoms with Crippen LogP contribution in [0.2, 0.25) is 0 Å². The number of amides is 1. The number of aliphatic hydroxyl groups excluding tert-OH is 1. The van der Waals surface area contributed by atoms with E-state index >= 15 is 0 Å². The number of nitrogens with zero attached hydrogens (tertiary/aromatic N) is 1. The second-order valence-corrected chi connectivity index (χ2v) is 17.1. The van der Waals surface area contributed by atoms with Gasteiger partial charge in [0.1, 0.15) is 13.2 Å². The largest absolute Gasteiger partial charge is 0.756 e. The topological polar surface area (TPSA) is 108 Å². The van der Waals surface area contributed by atoms with Gasteiger partial charge in [0.2, 0.25) is 5.91 Å². The maximum atomic E-state index is 12.8. The van der Waals surface area contributed by atoms with E-state index in [1.807, 2.05) is 27.2 Å². The lowest BCUT2D eigenvalue weighted by Crippen LogP contribution is -2.45. The number of phosphoric ester groups is 1. The number of carbonyl (C=O) groups excluding carboxylic acids is 1. The highest BCUT2D eigenvalue weighted by Gasteiger charge is 2.23. The summed E-state index contributed by atoms with van der Waals surface area (Å²) in [6.45, 7) is 4.41. The molecule has 0 aliphatic heterocycles. The third-order valence-corrected chi connectivity index (χ3v) is 10.1. The van der Waals surface area contributed by atoms with E-state index in [0.29, 0.717) is 17.4 Å². The van der Waals surface area contributed by atoms with Gasteiger partial charge in [-0.15, -0.1) is 0 Å². The summed E-state index contributed by atoms with van der Waals surface area (Å²) in [4.78, 5) is 25.2. The fourth-order valence-electron chi connectivity index (χ4n) is 5.67. The summed E-state index contributed by atoms with van der Waals surface area (Å²) in [5.74, 6) is -0.218. The predicted octanol–water partition coefficient (Wildman–Crippen LogP) is 11.4. The number of carbonyl (C=O) groups is 1. The highest BCUT2D eigenvalue weighted by Crippen LogP contribution is 2.38. The first-order chi connectivity index (χ1) is 26.5. The fourth-order valence-corrected chi connectivity index (χ4v) is 6.40. The molecule has 2 N–H and O–H groups in total. The van der Waals surface area contributed by atoms with Gasteiger partial charge >= 0.3 is 0 Å². The van der Waals surface area contributed by atoms with E-state index < -0.39 is 26.6 Å². The number of aliphatic hydroxyl groups is 1. The molecule has 8 nitrogen and oxygen atoms in total. The van der Waals surface area contributed by atoms with Gasteiger partial charge in [0, 0.05) is 6.42 Å². The van der Waals surface area contributed by atoms with Crippen molar-refractivity contribution < 1.29 is 32.9 Å². The van der Waals surface area contributed by atoms with Crippen LogP contribution in [0.25, 0.3) is 0 Å². The predicted molar refractivity (Wildman–Crippen MR) is 233 cm³/mol. The van der Waals surface area contributed by atoms with Crippen molar-refractivity contribution in [1.82, 2.24) is 5.32 Å². The summed E-state index contributed by atoms with van der Waals surface area (Å²) in [5, 5.41) is 13.6. The molecule has 55 heavy (non-hydrogen) atoms. The van der Waals surface area contributed by atoms with Crippen LogP contribution in [0.15, 0.2) is 72.9 Å². The third kappa shape index (κ3) is 40.0. The number of nitrogens with one attached hydrogen (secondary N) is 1. The Balaban J connectivity index is 4.19. The summed E-state index contributed by atoms with van der Waals surface area (Å²) < 4.78 is 23.1. The molecule has 3 atom stereocenters. The molecule has 0 bridgehead atoms. The third-order valence-electron chi connectivity index (χ3n) is 9.15. The highest BCUT2D eigenvalue weighted by atomic mass is 31.2. The normalized spacial score (nSPS) is 15.1. The van der Waals surface area contributed by atoms with Crippen molar-refractivity contribution in [2.45, 2.75) is 174 Å². The van der Waals surface area contributed by atoms with E-state index in [0.717, 1.165) is 64.2 Å². The maximum absolute atomic E-state index is 12.8. The molecule has 0 spiro atoms. The molecule has 0 aromatic rings. The smallest absolute Gasteiger partial charge is 0.268 e. The van der Waals surface area contributed by atoms with Gasteiger partial charge in [-0.2, -0.15) is 0 Å². The van der Waals surface area contributed by atoms with Crippen LogP contribution in [-0.2, 0) is 18.4 Å². The Morgan fingerprint density at radius 3 is 1.69 bits per heavy atom. The fraction of sp³-hybridized carbons (Fsp3) is 0.717. The summed E-state index contributed by atoms with van der Waals surface area (Å²) >= 11 is 0. The van der Waals surface area contributed by atoms with Crippen molar-refractivity contribution in [3.8, 4) is 0 Å². The van der Waals surface area contributed by atoms with Crippen LogP contribution in [-0.4, -0.2) is 68.5 Å². The molecule has 0 saturated heterocycles. The zero-order valence-electron chi connectivity index (χ0n) is 35.9. The molecule has 0 aromatic carbocycles. The van der Waals surface area contributed by atoms with Crippen LogP contribution in [0, 0.1) is 0 Å².